The summed E-state index contributed by atoms with van der Waals surface area (Å²) in [6.45, 7) is 5.16. The van der Waals surface area contributed by atoms with E-state index in [1.54, 1.807) is 0 Å². The molecule has 1 aliphatic heterocycles. The first kappa shape index (κ1) is 20.7. The molecule has 0 saturated carbocycles. The highest BCUT2D eigenvalue weighted by Crippen LogP contribution is 2.27. The first-order valence-corrected chi connectivity index (χ1v) is 11.2. The van der Waals surface area contributed by atoms with E-state index in [0.29, 0.717) is 11.4 Å². The number of carbonyl (C=O) groups excluding carboxylic acids is 1. The van der Waals surface area contributed by atoms with Gasteiger partial charge >= 0.3 is 0 Å². The number of carbonyl (C=O) groups is 1. The largest absolute Gasteiger partial charge is 0.393 e. The third kappa shape index (κ3) is 5.14. The molecule has 0 unspecified atom stereocenters. The molecule has 1 fully saturated rings. The summed E-state index contributed by atoms with van der Waals surface area (Å²) < 4.78 is 0. The number of benzene rings is 2. The summed E-state index contributed by atoms with van der Waals surface area (Å²) in [6.07, 6.45) is 1.57. The highest BCUT2D eigenvalue weighted by atomic mass is 32.1. The van der Waals surface area contributed by atoms with Gasteiger partial charge in [0, 0.05) is 31.7 Å². The number of aliphatic hydroxyl groups is 1. The van der Waals surface area contributed by atoms with Crippen LogP contribution in [-0.4, -0.2) is 40.1 Å². The standard InChI is InChI=1S/C24H27N3O2S/c1-17-22(30-24(26-17)20-5-3-2-4-6-20)23(29)25-15-18-7-9-19(10-8-18)16-27-13-11-21(28)12-14-27/h2-10,21,28H,11-16H2,1H3,(H,25,29). The van der Waals surface area contributed by atoms with E-state index in [4.69, 9.17) is 0 Å². The van der Waals surface area contributed by atoms with E-state index in [-0.39, 0.29) is 12.0 Å². The van der Waals surface area contributed by atoms with E-state index in [9.17, 15) is 9.90 Å². The third-order valence-corrected chi connectivity index (χ3v) is 6.67. The van der Waals surface area contributed by atoms with Crippen LogP contribution in [-0.2, 0) is 13.1 Å². The van der Waals surface area contributed by atoms with Crippen LogP contribution in [0.4, 0.5) is 0 Å². The van der Waals surface area contributed by atoms with Gasteiger partial charge in [0.25, 0.3) is 5.91 Å². The van der Waals surface area contributed by atoms with Crippen molar-refractivity contribution in [3.8, 4) is 10.6 Å². The van der Waals surface area contributed by atoms with E-state index in [1.807, 2.05) is 37.3 Å². The van der Waals surface area contributed by atoms with Crippen molar-refractivity contribution in [1.82, 2.24) is 15.2 Å². The quantitative estimate of drug-likeness (QED) is 0.631. The van der Waals surface area contributed by atoms with Crippen molar-refractivity contribution in [2.24, 2.45) is 0 Å². The van der Waals surface area contributed by atoms with E-state index in [1.165, 1.54) is 16.9 Å². The Kier molecular flexibility index (Phi) is 6.57. The first-order valence-electron chi connectivity index (χ1n) is 10.4. The van der Waals surface area contributed by atoms with Crippen LogP contribution < -0.4 is 5.32 Å². The zero-order valence-corrected chi connectivity index (χ0v) is 18.0. The first-order chi connectivity index (χ1) is 14.6. The molecule has 0 radical (unpaired) electrons. The molecule has 2 aromatic carbocycles. The fourth-order valence-corrected chi connectivity index (χ4v) is 4.66. The highest BCUT2D eigenvalue weighted by Gasteiger charge is 2.17. The van der Waals surface area contributed by atoms with Crippen molar-refractivity contribution < 1.29 is 9.90 Å². The molecular weight excluding hydrogens is 394 g/mol. The molecule has 2 heterocycles. The zero-order valence-electron chi connectivity index (χ0n) is 17.2. The molecule has 156 valence electrons. The van der Waals surface area contributed by atoms with Crippen LogP contribution in [0.25, 0.3) is 10.6 Å². The number of likely N-dealkylation sites (tertiary alicyclic amines) is 1. The molecule has 0 aliphatic carbocycles. The predicted octanol–water partition coefficient (Wildman–Crippen LogP) is 4.01. The maximum absolute atomic E-state index is 12.7. The Hall–Kier alpha value is -2.54. The van der Waals surface area contributed by atoms with Crippen LogP contribution >= 0.6 is 11.3 Å². The van der Waals surface area contributed by atoms with Gasteiger partial charge in [-0.2, -0.15) is 0 Å². The number of nitrogens with zero attached hydrogens (tertiary/aromatic N) is 2. The van der Waals surface area contributed by atoms with Gasteiger partial charge in [0.15, 0.2) is 0 Å². The molecule has 0 bridgehead atoms. The van der Waals surface area contributed by atoms with Crippen molar-refractivity contribution in [2.45, 2.75) is 39.0 Å². The summed E-state index contributed by atoms with van der Waals surface area (Å²) in [5.74, 6) is -0.0804. The number of nitrogens with one attached hydrogen (secondary N) is 1. The Bertz CT molecular complexity index is 977. The monoisotopic (exact) mass is 421 g/mol. The maximum Gasteiger partial charge on any atom is 0.263 e. The van der Waals surface area contributed by atoms with E-state index < -0.39 is 0 Å². The fourth-order valence-electron chi connectivity index (χ4n) is 3.67. The minimum atomic E-state index is -0.141. The van der Waals surface area contributed by atoms with Gasteiger partial charge < -0.3 is 10.4 Å². The number of piperidine rings is 1. The average Bonchev–Trinajstić information content (AvgIpc) is 3.17. The highest BCUT2D eigenvalue weighted by molar-refractivity contribution is 7.17. The van der Waals surface area contributed by atoms with Crippen LogP contribution in [0.3, 0.4) is 0 Å². The van der Waals surface area contributed by atoms with Crippen LogP contribution in [0.15, 0.2) is 54.6 Å². The summed E-state index contributed by atoms with van der Waals surface area (Å²) in [4.78, 5) is 20.3. The molecule has 1 aliphatic rings. The number of amides is 1. The number of aryl methyl sites for hydroxylation is 1. The van der Waals surface area contributed by atoms with Gasteiger partial charge in [0.1, 0.15) is 9.88 Å². The topological polar surface area (TPSA) is 65.5 Å². The molecule has 6 heteroatoms. The Morgan fingerprint density at radius 2 is 1.77 bits per heavy atom. The lowest BCUT2D eigenvalue weighted by molar-refractivity contribution is 0.0792. The lowest BCUT2D eigenvalue weighted by atomic mass is 10.1. The Morgan fingerprint density at radius 3 is 2.47 bits per heavy atom. The van der Waals surface area contributed by atoms with E-state index in [2.05, 4.69) is 39.5 Å². The van der Waals surface area contributed by atoms with Gasteiger partial charge in [-0.15, -0.1) is 11.3 Å². The summed E-state index contributed by atoms with van der Waals surface area (Å²) in [5, 5.41) is 13.5. The summed E-state index contributed by atoms with van der Waals surface area (Å²) >= 11 is 1.43. The number of rotatable bonds is 6. The van der Waals surface area contributed by atoms with Crippen molar-refractivity contribution in [3.63, 3.8) is 0 Å². The van der Waals surface area contributed by atoms with Gasteiger partial charge in [-0.3, -0.25) is 9.69 Å². The number of thiazole rings is 1. The molecule has 0 spiro atoms. The molecule has 1 amide bonds. The molecular formula is C24H27N3O2S. The molecule has 5 nitrogen and oxygen atoms in total. The molecule has 1 saturated heterocycles. The molecule has 2 N–H and O–H groups in total. The Balaban J connectivity index is 1.32. The van der Waals surface area contributed by atoms with Crippen molar-refractivity contribution >= 4 is 17.2 Å². The lowest BCUT2D eigenvalue weighted by Crippen LogP contribution is -2.35. The zero-order chi connectivity index (χ0) is 20.9. The van der Waals surface area contributed by atoms with Crippen molar-refractivity contribution in [1.29, 1.82) is 0 Å². The van der Waals surface area contributed by atoms with E-state index in [0.717, 1.165) is 54.3 Å². The fraction of sp³-hybridized carbons (Fsp3) is 0.333. The van der Waals surface area contributed by atoms with Crippen LogP contribution in [0.5, 0.6) is 0 Å². The van der Waals surface area contributed by atoms with Crippen LogP contribution in [0.1, 0.15) is 39.3 Å². The second kappa shape index (κ2) is 9.51. The van der Waals surface area contributed by atoms with E-state index >= 15 is 0 Å². The smallest absolute Gasteiger partial charge is 0.263 e. The number of aliphatic hydroxyl groups excluding tert-OH is 1. The Morgan fingerprint density at radius 1 is 1.10 bits per heavy atom. The Labute approximate surface area is 181 Å². The number of aromatic nitrogens is 1. The SMILES string of the molecule is Cc1nc(-c2ccccc2)sc1C(=O)NCc1ccc(CN2CCC(O)CC2)cc1. The minimum absolute atomic E-state index is 0.0804. The number of hydrogen-bond acceptors (Lipinski definition) is 5. The molecule has 1 aromatic heterocycles. The van der Waals surface area contributed by atoms with Gasteiger partial charge in [-0.1, -0.05) is 54.6 Å². The van der Waals surface area contributed by atoms with Gasteiger partial charge in [-0.05, 0) is 30.9 Å². The normalized spacial score (nSPS) is 15.3. The van der Waals surface area contributed by atoms with Crippen LogP contribution in [0, 0.1) is 6.92 Å². The maximum atomic E-state index is 12.7. The minimum Gasteiger partial charge on any atom is -0.393 e. The average molecular weight is 422 g/mol. The second-order valence-corrected chi connectivity index (χ2v) is 8.81. The molecule has 0 atom stereocenters. The molecule has 3 aromatic rings. The second-order valence-electron chi connectivity index (χ2n) is 7.81. The number of hydrogen-bond donors (Lipinski definition) is 2. The summed E-state index contributed by atoms with van der Waals surface area (Å²) in [5.41, 5.74) is 4.13. The van der Waals surface area contributed by atoms with Crippen molar-refractivity contribution in [2.75, 3.05) is 13.1 Å². The molecule has 4 rings (SSSR count). The third-order valence-electron chi connectivity index (χ3n) is 5.46. The van der Waals surface area contributed by atoms with Gasteiger partial charge in [-0.25, -0.2) is 4.98 Å². The predicted molar refractivity (Wildman–Crippen MR) is 120 cm³/mol. The van der Waals surface area contributed by atoms with Gasteiger partial charge in [0.2, 0.25) is 0 Å². The van der Waals surface area contributed by atoms with Gasteiger partial charge in [0.05, 0.1) is 11.8 Å². The molecule has 30 heavy (non-hydrogen) atoms. The summed E-state index contributed by atoms with van der Waals surface area (Å²) in [7, 11) is 0. The lowest BCUT2D eigenvalue weighted by Gasteiger charge is -2.29. The van der Waals surface area contributed by atoms with Crippen LogP contribution in [0.2, 0.25) is 0 Å². The summed E-state index contributed by atoms with van der Waals surface area (Å²) in [6, 6.07) is 18.3. The van der Waals surface area contributed by atoms with Crippen molar-refractivity contribution in [3.05, 3.63) is 76.3 Å².